The summed E-state index contributed by atoms with van der Waals surface area (Å²) < 4.78 is 0. The molecule has 0 saturated carbocycles. The standard InChI is InChI=1S/C22H26ClN3O2/c23-19-10-8-18(9-11-19)21(27)26-20(13-16-5-2-1-3-6-16)22(28)25-15-17-7-4-12-24-14-17/h1-3,5-6,8-11,17,20,24H,4,7,12-15H2,(H,25,28)(H,26,27). The number of carbonyl (C=O) groups excluding carboxylic acids is 2. The van der Waals surface area contributed by atoms with Crippen LogP contribution in [0.1, 0.15) is 28.8 Å². The van der Waals surface area contributed by atoms with Crippen LogP contribution in [-0.4, -0.2) is 37.5 Å². The number of hydrogen-bond donors (Lipinski definition) is 3. The Bertz CT molecular complexity index is 774. The molecule has 2 amide bonds. The smallest absolute Gasteiger partial charge is 0.251 e. The molecule has 0 aliphatic carbocycles. The zero-order chi connectivity index (χ0) is 19.8. The number of halogens is 1. The van der Waals surface area contributed by atoms with Gasteiger partial charge in [0.25, 0.3) is 5.91 Å². The molecule has 1 aliphatic rings. The van der Waals surface area contributed by atoms with Crippen molar-refractivity contribution in [1.82, 2.24) is 16.0 Å². The molecule has 1 heterocycles. The Morgan fingerprint density at radius 3 is 2.54 bits per heavy atom. The summed E-state index contributed by atoms with van der Waals surface area (Å²) in [7, 11) is 0. The molecule has 1 fully saturated rings. The summed E-state index contributed by atoms with van der Waals surface area (Å²) in [4.78, 5) is 25.5. The van der Waals surface area contributed by atoms with Gasteiger partial charge in [0.1, 0.15) is 6.04 Å². The minimum absolute atomic E-state index is 0.156. The first kappa shape index (κ1) is 20.4. The Morgan fingerprint density at radius 2 is 1.86 bits per heavy atom. The third kappa shape index (κ3) is 6.08. The Hall–Kier alpha value is -2.37. The van der Waals surface area contributed by atoms with Crippen molar-refractivity contribution in [1.29, 1.82) is 0 Å². The predicted octanol–water partition coefficient (Wildman–Crippen LogP) is 2.80. The molecule has 148 valence electrons. The van der Waals surface area contributed by atoms with Gasteiger partial charge in [-0.2, -0.15) is 0 Å². The monoisotopic (exact) mass is 399 g/mol. The van der Waals surface area contributed by atoms with E-state index in [1.165, 1.54) is 0 Å². The van der Waals surface area contributed by atoms with Crippen LogP contribution in [0.2, 0.25) is 5.02 Å². The summed E-state index contributed by atoms with van der Waals surface area (Å²) >= 11 is 5.89. The summed E-state index contributed by atoms with van der Waals surface area (Å²) in [6.07, 6.45) is 2.67. The molecule has 2 unspecified atom stereocenters. The molecule has 28 heavy (non-hydrogen) atoms. The van der Waals surface area contributed by atoms with E-state index in [2.05, 4.69) is 16.0 Å². The summed E-state index contributed by atoms with van der Waals surface area (Å²) in [5.74, 6) is -0.00846. The van der Waals surface area contributed by atoms with Crippen molar-refractivity contribution < 1.29 is 9.59 Å². The van der Waals surface area contributed by atoms with Crippen molar-refractivity contribution >= 4 is 23.4 Å². The first-order valence-electron chi connectivity index (χ1n) is 9.70. The number of carbonyl (C=O) groups is 2. The molecule has 0 radical (unpaired) electrons. The molecule has 6 heteroatoms. The van der Waals surface area contributed by atoms with E-state index < -0.39 is 6.04 Å². The van der Waals surface area contributed by atoms with E-state index in [9.17, 15) is 9.59 Å². The minimum Gasteiger partial charge on any atom is -0.354 e. The third-order valence-corrected chi connectivity index (χ3v) is 5.23. The van der Waals surface area contributed by atoms with Crippen LogP contribution in [0.4, 0.5) is 0 Å². The van der Waals surface area contributed by atoms with Gasteiger partial charge < -0.3 is 16.0 Å². The van der Waals surface area contributed by atoms with E-state index in [1.54, 1.807) is 24.3 Å². The van der Waals surface area contributed by atoms with Gasteiger partial charge in [-0.05, 0) is 61.7 Å². The van der Waals surface area contributed by atoms with E-state index in [-0.39, 0.29) is 11.8 Å². The van der Waals surface area contributed by atoms with Gasteiger partial charge in [0.05, 0.1) is 0 Å². The van der Waals surface area contributed by atoms with Gasteiger partial charge in [-0.15, -0.1) is 0 Å². The Kier molecular flexibility index (Phi) is 7.46. The Morgan fingerprint density at radius 1 is 1.11 bits per heavy atom. The van der Waals surface area contributed by atoms with Gasteiger partial charge >= 0.3 is 0 Å². The van der Waals surface area contributed by atoms with Gasteiger partial charge in [0, 0.05) is 23.6 Å². The lowest BCUT2D eigenvalue weighted by Crippen LogP contribution is -2.49. The number of rotatable bonds is 7. The van der Waals surface area contributed by atoms with Crippen molar-refractivity contribution in [3.8, 4) is 0 Å². The van der Waals surface area contributed by atoms with Gasteiger partial charge in [-0.3, -0.25) is 9.59 Å². The quantitative estimate of drug-likeness (QED) is 0.670. The van der Waals surface area contributed by atoms with Crippen LogP contribution in [0, 0.1) is 5.92 Å². The molecular weight excluding hydrogens is 374 g/mol. The second kappa shape index (κ2) is 10.2. The highest BCUT2D eigenvalue weighted by Gasteiger charge is 2.23. The van der Waals surface area contributed by atoms with Crippen LogP contribution in [0.15, 0.2) is 54.6 Å². The topological polar surface area (TPSA) is 70.2 Å². The summed E-state index contributed by atoms with van der Waals surface area (Å²) in [5.41, 5.74) is 1.48. The zero-order valence-electron chi connectivity index (χ0n) is 15.8. The maximum absolute atomic E-state index is 12.8. The van der Waals surface area contributed by atoms with E-state index in [1.807, 2.05) is 30.3 Å². The Balaban J connectivity index is 1.65. The fraction of sp³-hybridized carbons (Fsp3) is 0.364. The molecule has 3 N–H and O–H groups in total. The molecule has 5 nitrogen and oxygen atoms in total. The van der Waals surface area contributed by atoms with E-state index in [0.29, 0.717) is 29.5 Å². The third-order valence-electron chi connectivity index (χ3n) is 4.97. The van der Waals surface area contributed by atoms with Crippen LogP contribution >= 0.6 is 11.6 Å². The molecule has 2 atom stereocenters. The van der Waals surface area contributed by atoms with Gasteiger partial charge in [-0.1, -0.05) is 41.9 Å². The number of amides is 2. The molecule has 0 bridgehead atoms. The average Bonchev–Trinajstić information content (AvgIpc) is 2.73. The number of hydrogen-bond acceptors (Lipinski definition) is 3. The SMILES string of the molecule is O=C(NC(Cc1ccccc1)C(=O)NCC1CCCNC1)c1ccc(Cl)cc1. The van der Waals surface area contributed by atoms with Crippen LogP contribution in [0.3, 0.4) is 0 Å². The van der Waals surface area contributed by atoms with Gasteiger partial charge in [-0.25, -0.2) is 0 Å². The van der Waals surface area contributed by atoms with Crippen LogP contribution in [0.5, 0.6) is 0 Å². The van der Waals surface area contributed by atoms with Crippen LogP contribution in [-0.2, 0) is 11.2 Å². The molecule has 3 rings (SSSR count). The van der Waals surface area contributed by atoms with Crippen molar-refractivity contribution in [2.75, 3.05) is 19.6 Å². The highest BCUT2D eigenvalue weighted by atomic mass is 35.5. The normalized spacial score (nSPS) is 17.5. The first-order valence-corrected chi connectivity index (χ1v) is 10.1. The summed E-state index contributed by atoms with van der Waals surface area (Å²) in [5, 5.41) is 9.82. The molecule has 2 aromatic carbocycles. The largest absolute Gasteiger partial charge is 0.354 e. The molecule has 0 aromatic heterocycles. The summed E-state index contributed by atoms with van der Waals surface area (Å²) in [6.45, 7) is 2.58. The predicted molar refractivity (Wildman–Crippen MR) is 111 cm³/mol. The van der Waals surface area contributed by atoms with Crippen molar-refractivity contribution in [2.24, 2.45) is 5.92 Å². The maximum atomic E-state index is 12.8. The van der Waals surface area contributed by atoms with Gasteiger partial charge in [0.2, 0.25) is 5.91 Å². The highest BCUT2D eigenvalue weighted by molar-refractivity contribution is 6.30. The lowest BCUT2D eigenvalue weighted by Gasteiger charge is -2.25. The lowest BCUT2D eigenvalue weighted by molar-refractivity contribution is -0.123. The number of benzene rings is 2. The van der Waals surface area contributed by atoms with E-state index in [0.717, 1.165) is 31.5 Å². The molecule has 1 aliphatic heterocycles. The zero-order valence-corrected chi connectivity index (χ0v) is 16.5. The van der Waals surface area contributed by atoms with Gasteiger partial charge in [0.15, 0.2) is 0 Å². The number of piperidine rings is 1. The lowest BCUT2D eigenvalue weighted by atomic mass is 9.99. The minimum atomic E-state index is -0.637. The highest BCUT2D eigenvalue weighted by Crippen LogP contribution is 2.11. The summed E-state index contributed by atoms with van der Waals surface area (Å²) in [6, 6.07) is 15.7. The molecular formula is C22H26ClN3O2. The first-order chi connectivity index (χ1) is 13.6. The van der Waals surface area contributed by atoms with Crippen LogP contribution in [0.25, 0.3) is 0 Å². The van der Waals surface area contributed by atoms with Crippen molar-refractivity contribution in [3.05, 3.63) is 70.7 Å². The molecule has 1 saturated heterocycles. The molecule has 0 spiro atoms. The van der Waals surface area contributed by atoms with Crippen molar-refractivity contribution in [2.45, 2.75) is 25.3 Å². The maximum Gasteiger partial charge on any atom is 0.251 e. The average molecular weight is 400 g/mol. The van der Waals surface area contributed by atoms with E-state index >= 15 is 0 Å². The molecule has 2 aromatic rings. The number of nitrogens with one attached hydrogen (secondary N) is 3. The second-order valence-corrected chi connectivity index (χ2v) is 7.62. The Labute approximate surface area is 170 Å². The van der Waals surface area contributed by atoms with E-state index in [4.69, 9.17) is 11.6 Å². The van der Waals surface area contributed by atoms with Crippen LogP contribution < -0.4 is 16.0 Å². The van der Waals surface area contributed by atoms with Crippen molar-refractivity contribution in [3.63, 3.8) is 0 Å². The second-order valence-electron chi connectivity index (χ2n) is 7.18. The fourth-order valence-corrected chi connectivity index (χ4v) is 3.49. The fourth-order valence-electron chi connectivity index (χ4n) is 3.37.